The Morgan fingerprint density at radius 2 is 1.58 bits per heavy atom. The standard InChI is InChI=1S/C17H21NO/c1-11-9-10-15(17(19-4)13(11)3)16(18)14-8-6-5-7-12(14)2/h5-10,16H,18H2,1-4H3. The number of aryl methyl sites for hydroxylation is 2. The van der Waals surface area contributed by atoms with Crippen LogP contribution in [0.3, 0.4) is 0 Å². The fraction of sp³-hybridized carbons (Fsp3) is 0.294. The molecule has 2 N–H and O–H groups in total. The highest BCUT2D eigenvalue weighted by Crippen LogP contribution is 2.33. The topological polar surface area (TPSA) is 35.2 Å². The molecule has 19 heavy (non-hydrogen) atoms. The van der Waals surface area contributed by atoms with Gasteiger partial charge in [-0.15, -0.1) is 0 Å². The average Bonchev–Trinajstić information content (AvgIpc) is 2.41. The third-order valence-corrected chi connectivity index (χ3v) is 3.77. The van der Waals surface area contributed by atoms with Crippen molar-refractivity contribution in [2.75, 3.05) is 7.11 Å². The van der Waals surface area contributed by atoms with Crippen molar-refractivity contribution in [3.63, 3.8) is 0 Å². The summed E-state index contributed by atoms with van der Waals surface area (Å²) in [6.45, 7) is 6.24. The molecule has 0 amide bonds. The molecule has 2 heteroatoms. The van der Waals surface area contributed by atoms with Crippen LogP contribution in [0, 0.1) is 20.8 Å². The summed E-state index contributed by atoms with van der Waals surface area (Å²) in [7, 11) is 1.70. The second-order valence-corrected chi connectivity index (χ2v) is 4.96. The highest BCUT2D eigenvalue weighted by atomic mass is 16.5. The highest BCUT2D eigenvalue weighted by molar-refractivity contribution is 5.50. The molecule has 0 aliphatic heterocycles. The number of rotatable bonds is 3. The van der Waals surface area contributed by atoms with Crippen LogP contribution in [0.1, 0.15) is 33.9 Å². The first-order chi connectivity index (χ1) is 9.06. The molecule has 2 aromatic rings. The summed E-state index contributed by atoms with van der Waals surface area (Å²) in [4.78, 5) is 0. The number of ether oxygens (including phenoxy) is 1. The predicted molar refractivity (Wildman–Crippen MR) is 79.7 cm³/mol. The molecule has 0 fully saturated rings. The molecule has 0 spiro atoms. The first-order valence-corrected chi connectivity index (χ1v) is 6.51. The van der Waals surface area contributed by atoms with Crippen LogP contribution in [0.15, 0.2) is 36.4 Å². The van der Waals surface area contributed by atoms with Crippen molar-refractivity contribution in [2.24, 2.45) is 5.73 Å². The predicted octanol–water partition coefficient (Wildman–Crippen LogP) is 3.67. The molecule has 100 valence electrons. The number of nitrogens with two attached hydrogens (primary N) is 1. The van der Waals surface area contributed by atoms with E-state index in [9.17, 15) is 0 Å². The minimum absolute atomic E-state index is 0.157. The Morgan fingerprint density at radius 1 is 0.895 bits per heavy atom. The second kappa shape index (κ2) is 5.45. The van der Waals surface area contributed by atoms with Crippen LogP contribution in [0.5, 0.6) is 5.75 Å². The quantitative estimate of drug-likeness (QED) is 0.908. The van der Waals surface area contributed by atoms with Crippen LogP contribution in [0.25, 0.3) is 0 Å². The SMILES string of the molecule is COc1c(C(N)c2ccccc2C)ccc(C)c1C. The lowest BCUT2D eigenvalue weighted by molar-refractivity contribution is 0.404. The van der Waals surface area contributed by atoms with Gasteiger partial charge in [0.1, 0.15) is 5.75 Å². The maximum atomic E-state index is 6.43. The smallest absolute Gasteiger partial charge is 0.127 e. The summed E-state index contributed by atoms with van der Waals surface area (Å²) in [5.74, 6) is 0.899. The Hall–Kier alpha value is -1.80. The zero-order valence-corrected chi connectivity index (χ0v) is 12.0. The zero-order chi connectivity index (χ0) is 14.0. The largest absolute Gasteiger partial charge is 0.496 e. The van der Waals surface area contributed by atoms with E-state index in [1.807, 2.05) is 12.1 Å². The lowest BCUT2D eigenvalue weighted by Crippen LogP contribution is -2.15. The van der Waals surface area contributed by atoms with Gasteiger partial charge in [0.15, 0.2) is 0 Å². The van der Waals surface area contributed by atoms with E-state index in [0.29, 0.717) is 0 Å². The Balaban J connectivity index is 2.53. The summed E-state index contributed by atoms with van der Waals surface area (Å²) in [5.41, 5.74) is 12.2. The third kappa shape index (κ3) is 2.49. The maximum Gasteiger partial charge on any atom is 0.127 e. The first kappa shape index (κ1) is 13.6. The monoisotopic (exact) mass is 255 g/mol. The molecule has 0 aliphatic rings. The molecule has 0 bridgehead atoms. The summed E-state index contributed by atoms with van der Waals surface area (Å²) in [6.07, 6.45) is 0. The summed E-state index contributed by atoms with van der Waals surface area (Å²) < 4.78 is 5.56. The van der Waals surface area contributed by atoms with E-state index in [2.05, 4.69) is 45.0 Å². The van der Waals surface area contributed by atoms with Gasteiger partial charge in [-0.05, 0) is 43.0 Å². The lowest BCUT2D eigenvalue weighted by Gasteiger charge is -2.20. The van der Waals surface area contributed by atoms with E-state index in [1.54, 1.807) is 7.11 Å². The molecular weight excluding hydrogens is 234 g/mol. The van der Waals surface area contributed by atoms with Crippen LogP contribution in [0.4, 0.5) is 0 Å². The molecule has 2 aromatic carbocycles. The van der Waals surface area contributed by atoms with Crippen molar-refractivity contribution in [3.8, 4) is 5.75 Å². The molecule has 0 aliphatic carbocycles. The Labute approximate surface area is 115 Å². The van der Waals surface area contributed by atoms with Gasteiger partial charge in [-0.2, -0.15) is 0 Å². The fourth-order valence-corrected chi connectivity index (χ4v) is 2.43. The van der Waals surface area contributed by atoms with Gasteiger partial charge in [-0.25, -0.2) is 0 Å². The van der Waals surface area contributed by atoms with Crippen molar-refractivity contribution in [1.29, 1.82) is 0 Å². The Bertz CT molecular complexity index is 590. The van der Waals surface area contributed by atoms with Gasteiger partial charge in [0.2, 0.25) is 0 Å². The van der Waals surface area contributed by atoms with E-state index in [4.69, 9.17) is 10.5 Å². The number of hydrogen-bond donors (Lipinski definition) is 1. The third-order valence-electron chi connectivity index (χ3n) is 3.77. The summed E-state index contributed by atoms with van der Waals surface area (Å²) in [5, 5.41) is 0. The molecule has 1 unspecified atom stereocenters. The first-order valence-electron chi connectivity index (χ1n) is 6.51. The minimum Gasteiger partial charge on any atom is -0.496 e. The van der Waals surface area contributed by atoms with Crippen LogP contribution >= 0.6 is 0 Å². The molecule has 2 nitrogen and oxygen atoms in total. The van der Waals surface area contributed by atoms with E-state index in [1.165, 1.54) is 11.1 Å². The van der Waals surface area contributed by atoms with Crippen molar-refractivity contribution in [3.05, 3.63) is 64.2 Å². The molecule has 0 aromatic heterocycles. The van der Waals surface area contributed by atoms with Crippen molar-refractivity contribution in [2.45, 2.75) is 26.8 Å². The van der Waals surface area contributed by atoms with Gasteiger partial charge in [-0.3, -0.25) is 0 Å². The maximum absolute atomic E-state index is 6.43. The van der Waals surface area contributed by atoms with Crippen LogP contribution in [0.2, 0.25) is 0 Å². The highest BCUT2D eigenvalue weighted by Gasteiger charge is 2.17. The Morgan fingerprint density at radius 3 is 2.21 bits per heavy atom. The van der Waals surface area contributed by atoms with Gasteiger partial charge in [-0.1, -0.05) is 36.4 Å². The van der Waals surface area contributed by atoms with Crippen LogP contribution in [-0.4, -0.2) is 7.11 Å². The molecular formula is C17H21NO. The zero-order valence-electron chi connectivity index (χ0n) is 12.0. The van der Waals surface area contributed by atoms with Crippen LogP contribution < -0.4 is 10.5 Å². The average molecular weight is 255 g/mol. The van der Waals surface area contributed by atoms with Gasteiger partial charge in [0.25, 0.3) is 0 Å². The van der Waals surface area contributed by atoms with E-state index >= 15 is 0 Å². The summed E-state index contributed by atoms with van der Waals surface area (Å²) >= 11 is 0. The molecule has 0 heterocycles. The van der Waals surface area contributed by atoms with E-state index < -0.39 is 0 Å². The van der Waals surface area contributed by atoms with Crippen LogP contribution in [-0.2, 0) is 0 Å². The second-order valence-electron chi connectivity index (χ2n) is 4.96. The number of methoxy groups -OCH3 is 1. The molecule has 0 saturated carbocycles. The van der Waals surface area contributed by atoms with Gasteiger partial charge in [0.05, 0.1) is 13.2 Å². The Kier molecular flexibility index (Phi) is 3.91. The fourth-order valence-electron chi connectivity index (χ4n) is 2.43. The molecule has 1 atom stereocenters. The molecule has 0 saturated heterocycles. The normalized spacial score (nSPS) is 12.3. The molecule has 2 rings (SSSR count). The number of benzene rings is 2. The van der Waals surface area contributed by atoms with Crippen molar-refractivity contribution in [1.82, 2.24) is 0 Å². The van der Waals surface area contributed by atoms with E-state index in [-0.39, 0.29) is 6.04 Å². The van der Waals surface area contributed by atoms with E-state index in [0.717, 1.165) is 22.4 Å². The summed E-state index contributed by atoms with van der Waals surface area (Å²) in [6, 6.07) is 12.2. The van der Waals surface area contributed by atoms with Crippen molar-refractivity contribution < 1.29 is 4.74 Å². The van der Waals surface area contributed by atoms with Gasteiger partial charge < -0.3 is 10.5 Å². The minimum atomic E-state index is -0.157. The van der Waals surface area contributed by atoms with Crippen molar-refractivity contribution >= 4 is 0 Å². The lowest BCUT2D eigenvalue weighted by atomic mass is 9.92. The number of hydrogen-bond acceptors (Lipinski definition) is 2. The van der Waals surface area contributed by atoms with Gasteiger partial charge >= 0.3 is 0 Å². The molecule has 0 radical (unpaired) electrons. The van der Waals surface area contributed by atoms with Gasteiger partial charge in [0, 0.05) is 5.56 Å².